The third kappa shape index (κ3) is 9.17. The average molecular weight is 570 g/mol. The minimum absolute atomic E-state index is 0.100. The zero-order valence-electron chi connectivity index (χ0n) is 22.8. The van der Waals surface area contributed by atoms with E-state index in [1.807, 2.05) is 91.0 Å². The maximum absolute atomic E-state index is 13.2. The van der Waals surface area contributed by atoms with Crippen LogP contribution < -0.4 is 0 Å². The number of rotatable bonds is 16. The highest BCUT2D eigenvalue weighted by Crippen LogP contribution is 2.20. The zero-order valence-corrected chi connectivity index (χ0v) is 22.8. The van der Waals surface area contributed by atoms with Crippen molar-refractivity contribution in [2.45, 2.75) is 38.1 Å². The molecule has 0 bridgehead atoms. The molecule has 0 N–H and O–H groups in total. The van der Waals surface area contributed by atoms with Gasteiger partial charge in [-0.25, -0.2) is 4.79 Å². The maximum Gasteiger partial charge on any atom is 0.338 e. The largest absolute Gasteiger partial charge is 0.453 e. The molecule has 9 heteroatoms. The normalized spacial score (nSPS) is 13.0. The van der Waals surface area contributed by atoms with E-state index in [2.05, 4.69) is 0 Å². The molecule has 0 heterocycles. The molecule has 4 aromatic carbocycles. The van der Waals surface area contributed by atoms with Crippen molar-refractivity contribution in [3.05, 3.63) is 148 Å². The van der Waals surface area contributed by atoms with Gasteiger partial charge in [-0.05, 0) is 28.8 Å². The van der Waals surface area contributed by atoms with Crippen LogP contribution in [0.15, 0.2) is 115 Å². The highest BCUT2D eigenvalue weighted by Gasteiger charge is 2.35. The van der Waals surface area contributed by atoms with Crippen molar-refractivity contribution in [1.29, 1.82) is 0 Å². The van der Waals surface area contributed by atoms with Crippen LogP contribution in [0, 0.1) is 10.1 Å². The lowest BCUT2D eigenvalue weighted by atomic mass is 10.1. The van der Waals surface area contributed by atoms with Crippen LogP contribution in [0.1, 0.15) is 27.0 Å². The number of benzene rings is 4. The van der Waals surface area contributed by atoms with Gasteiger partial charge in [0.25, 0.3) is 5.69 Å². The van der Waals surface area contributed by atoms with Crippen molar-refractivity contribution in [2.75, 3.05) is 6.61 Å². The number of nitrogens with zero attached hydrogens (tertiary/aromatic N) is 1. The van der Waals surface area contributed by atoms with Crippen LogP contribution in [-0.4, -0.2) is 42.1 Å². The minimum atomic E-state index is -1.11. The summed E-state index contributed by atoms with van der Waals surface area (Å²) in [6.45, 7) is 0.374. The van der Waals surface area contributed by atoms with Crippen molar-refractivity contribution in [2.24, 2.45) is 0 Å². The molecule has 0 aliphatic heterocycles. The third-order valence-electron chi connectivity index (χ3n) is 6.36. The summed E-state index contributed by atoms with van der Waals surface area (Å²) in [5.74, 6) is -0.751. The van der Waals surface area contributed by atoms with E-state index in [1.54, 1.807) is 0 Å². The topological polar surface area (TPSA) is 114 Å². The molecule has 0 aliphatic rings. The Balaban J connectivity index is 1.58. The van der Waals surface area contributed by atoms with Gasteiger partial charge in [-0.3, -0.25) is 10.1 Å². The van der Waals surface area contributed by atoms with Gasteiger partial charge in [-0.2, -0.15) is 0 Å². The number of hydrogen-bond donors (Lipinski definition) is 0. The van der Waals surface area contributed by atoms with E-state index in [4.69, 9.17) is 18.9 Å². The Morgan fingerprint density at radius 3 is 1.71 bits per heavy atom. The Hall–Kier alpha value is -4.70. The molecule has 0 saturated carbocycles. The average Bonchev–Trinajstić information content (AvgIpc) is 3.03. The number of non-ortho nitro benzene ring substituents is 1. The lowest BCUT2D eigenvalue weighted by Gasteiger charge is -2.31. The number of esters is 1. The fraction of sp³-hybridized carbons (Fsp3) is 0.212. The van der Waals surface area contributed by atoms with Crippen LogP contribution in [0.3, 0.4) is 0 Å². The number of carbonyl (C=O) groups excluding carboxylic acids is 2. The molecule has 0 radical (unpaired) electrons. The van der Waals surface area contributed by atoms with Gasteiger partial charge < -0.3 is 23.7 Å². The van der Waals surface area contributed by atoms with Crippen molar-refractivity contribution in [1.82, 2.24) is 0 Å². The summed E-state index contributed by atoms with van der Waals surface area (Å²) in [7, 11) is 0. The van der Waals surface area contributed by atoms with E-state index in [9.17, 15) is 19.7 Å². The number of aldehydes is 1. The van der Waals surface area contributed by atoms with Crippen LogP contribution in [0.5, 0.6) is 0 Å². The highest BCUT2D eigenvalue weighted by molar-refractivity contribution is 5.89. The molecule has 9 nitrogen and oxygen atoms in total. The number of carbonyl (C=O) groups is 2. The van der Waals surface area contributed by atoms with E-state index in [0.717, 1.165) is 16.7 Å². The lowest BCUT2D eigenvalue weighted by molar-refractivity contribution is -0.384. The van der Waals surface area contributed by atoms with Gasteiger partial charge in [0.1, 0.15) is 12.2 Å². The van der Waals surface area contributed by atoms with E-state index >= 15 is 0 Å². The van der Waals surface area contributed by atoms with Crippen LogP contribution >= 0.6 is 0 Å². The molecule has 4 aromatic rings. The second-order valence-electron chi connectivity index (χ2n) is 9.41. The van der Waals surface area contributed by atoms with Gasteiger partial charge in [-0.1, -0.05) is 91.0 Å². The molecule has 0 saturated heterocycles. The van der Waals surface area contributed by atoms with E-state index in [0.29, 0.717) is 6.29 Å². The number of nitro benzene ring substituents is 1. The zero-order chi connectivity index (χ0) is 29.6. The Morgan fingerprint density at radius 1 is 0.714 bits per heavy atom. The summed E-state index contributed by atoms with van der Waals surface area (Å²) < 4.78 is 24.0. The second kappa shape index (κ2) is 15.9. The first-order valence-corrected chi connectivity index (χ1v) is 13.4. The molecular weight excluding hydrogens is 538 g/mol. The SMILES string of the molecule is O=C[C@@H](OCc1ccccc1)[C@H](OCc1ccccc1)[C@@H](COCc1ccccc1)OC(=O)c1ccc([N+](=O)[O-])cc1. The number of hydrogen-bond acceptors (Lipinski definition) is 8. The van der Waals surface area contributed by atoms with Crippen molar-refractivity contribution in [3.63, 3.8) is 0 Å². The monoisotopic (exact) mass is 569 g/mol. The third-order valence-corrected chi connectivity index (χ3v) is 6.36. The summed E-state index contributed by atoms with van der Waals surface area (Å²) in [6, 6.07) is 33.2. The minimum Gasteiger partial charge on any atom is -0.453 e. The fourth-order valence-corrected chi connectivity index (χ4v) is 4.15. The van der Waals surface area contributed by atoms with E-state index in [1.165, 1.54) is 24.3 Å². The van der Waals surface area contributed by atoms with Crippen molar-refractivity contribution in [3.8, 4) is 0 Å². The van der Waals surface area contributed by atoms with E-state index < -0.39 is 29.2 Å². The predicted octanol–water partition coefficient (Wildman–Crippen LogP) is 5.71. The standard InChI is InChI=1S/C33H31NO8/c35-20-30(40-22-26-12-6-2-7-13-26)32(41-23-27-14-8-3-9-15-27)31(24-39-21-25-10-4-1-5-11-25)42-33(36)28-16-18-29(19-17-28)34(37)38/h1-20,30-32H,21-24H2/t30-,31-,32+/m1/s1. The van der Waals surface area contributed by atoms with Gasteiger partial charge >= 0.3 is 5.97 Å². The van der Waals surface area contributed by atoms with Gasteiger partial charge in [-0.15, -0.1) is 0 Å². The Morgan fingerprint density at radius 2 is 1.21 bits per heavy atom. The molecule has 4 rings (SSSR count). The van der Waals surface area contributed by atoms with Crippen LogP contribution in [0.2, 0.25) is 0 Å². The van der Waals surface area contributed by atoms with Gasteiger partial charge in [0, 0.05) is 12.1 Å². The highest BCUT2D eigenvalue weighted by atomic mass is 16.6. The van der Waals surface area contributed by atoms with Crippen molar-refractivity contribution < 1.29 is 33.5 Å². The van der Waals surface area contributed by atoms with Crippen molar-refractivity contribution >= 4 is 17.9 Å². The smallest absolute Gasteiger partial charge is 0.338 e. The van der Waals surface area contributed by atoms with Crippen LogP contribution in [0.4, 0.5) is 5.69 Å². The molecule has 0 aromatic heterocycles. The first kappa shape index (κ1) is 30.3. The summed E-state index contributed by atoms with van der Waals surface area (Å²) in [6.07, 6.45) is -2.58. The predicted molar refractivity (Wildman–Crippen MR) is 154 cm³/mol. The molecule has 0 amide bonds. The summed E-state index contributed by atoms with van der Waals surface area (Å²) in [4.78, 5) is 36.1. The summed E-state index contributed by atoms with van der Waals surface area (Å²) >= 11 is 0. The Bertz CT molecular complexity index is 1400. The van der Waals surface area contributed by atoms with Crippen LogP contribution in [0.25, 0.3) is 0 Å². The van der Waals surface area contributed by atoms with E-state index in [-0.39, 0.29) is 37.7 Å². The summed E-state index contributed by atoms with van der Waals surface area (Å²) in [5, 5.41) is 11.1. The molecule has 3 atom stereocenters. The second-order valence-corrected chi connectivity index (χ2v) is 9.41. The molecule has 0 fully saturated rings. The lowest BCUT2D eigenvalue weighted by Crippen LogP contribution is -2.46. The molecule has 216 valence electrons. The molecule has 0 aliphatic carbocycles. The molecule has 42 heavy (non-hydrogen) atoms. The van der Waals surface area contributed by atoms with Gasteiger partial charge in [0.15, 0.2) is 12.4 Å². The number of ether oxygens (including phenoxy) is 4. The van der Waals surface area contributed by atoms with Gasteiger partial charge in [0.05, 0.1) is 36.9 Å². The first-order valence-electron chi connectivity index (χ1n) is 13.4. The first-order chi connectivity index (χ1) is 20.5. The molecule has 0 unspecified atom stereocenters. The Labute approximate surface area is 243 Å². The van der Waals surface area contributed by atoms with Gasteiger partial charge in [0.2, 0.25) is 0 Å². The Kier molecular flexibility index (Phi) is 11.5. The number of nitro groups is 1. The van der Waals surface area contributed by atoms with Crippen LogP contribution in [-0.2, 0) is 43.6 Å². The fourth-order valence-electron chi connectivity index (χ4n) is 4.15. The molecular formula is C33H31NO8. The quantitative estimate of drug-likeness (QED) is 0.0730. The molecule has 0 spiro atoms. The summed E-state index contributed by atoms with van der Waals surface area (Å²) in [5.41, 5.74) is 2.55. The maximum atomic E-state index is 13.2.